The maximum atomic E-state index is 13.2. The van der Waals surface area contributed by atoms with E-state index in [0.29, 0.717) is 22.7 Å². The van der Waals surface area contributed by atoms with Crippen LogP contribution < -0.4 is 25.8 Å². The van der Waals surface area contributed by atoms with E-state index < -0.39 is 35.7 Å². The van der Waals surface area contributed by atoms with Gasteiger partial charge < -0.3 is 30.7 Å². The number of nitrogens with one attached hydrogen (secondary N) is 2. The van der Waals surface area contributed by atoms with Gasteiger partial charge in [0.2, 0.25) is 17.7 Å². The molecule has 33 heavy (non-hydrogen) atoms. The van der Waals surface area contributed by atoms with E-state index >= 15 is 0 Å². The molecule has 2 atom stereocenters. The molecule has 0 saturated carbocycles. The van der Waals surface area contributed by atoms with Crippen LogP contribution in [0.3, 0.4) is 0 Å². The molecule has 0 aromatic heterocycles. The number of carbonyl (C=O) groups is 4. The molecule has 2 aromatic carbocycles. The van der Waals surface area contributed by atoms with Gasteiger partial charge in [0.15, 0.2) is 11.5 Å². The molecule has 0 bridgehead atoms. The van der Waals surface area contributed by atoms with Gasteiger partial charge in [0.05, 0.1) is 31.9 Å². The molecular weight excluding hydrogens is 428 g/mol. The van der Waals surface area contributed by atoms with Crippen molar-refractivity contribution in [1.82, 2.24) is 10.2 Å². The van der Waals surface area contributed by atoms with E-state index in [1.54, 1.807) is 36.4 Å². The number of carbonyl (C=O) groups excluding carboxylic acids is 4. The monoisotopic (exact) mass is 452 g/mol. The number of methoxy groups -OCH3 is 2. The first-order chi connectivity index (χ1) is 15.8. The van der Waals surface area contributed by atoms with Crippen molar-refractivity contribution in [2.24, 2.45) is 5.73 Å². The van der Waals surface area contributed by atoms with Gasteiger partial charge in [-0.3, -0.25) is 19.2 Å². The number of para-hydroxylation sites is 1. The zero-order valence-corrected chi connectivity index (χ0v) is 18.2. The molecule has 2 unspecified atom stereocenters. The van der Waals surface area contributed by atoms with E-state index in [4.69, 9.17) is 15.2 Å². The Bertz CT molecular complexity index is 1150. The lowest BCUT2D eigenvalue weighted by atomic mass is 9.92. The molecule has 4 amide bonds. The van der Waals surface area contributed by atoms with E-state index in [0.717, 1.165) is 11.1 Å². The molecule has 2 aliphatic rings. The molecule has 0 saturated heterocycles. The summed E-state index contributed by atoms with van der Waals surface area (Å²) in [5.41, 5.74) is 7.88. The number of benzene rings is 2. The second-order valence-electron chi connectivity index (χ2n) is 7.88. The summed E-state index contributed by atoms with van der Waals surface area (Å²) in [7, 11) is 3.02. The first-order valence-electron chi connectivity index (χ1n) is 10.4. The first kappa shape index (κ1) is 22.1. The summed E-state index contributed by atoms with van der Waals surface area (Å²) >= 11 is 0. The van der Waals surface area contributed by atoms with Crippen molar-refractivity contribution in [3.63, 3.8) is 0 Å². The lowest BCUT2D eigenvalue weighted by molar-refractivity contribution is -0.141. The summed E-state index contributed by atoms with van der Waals surface area (Å²) in [5, 5.41) is 5.27. The average Bonchev–Trinajstić information content (AvgIpc) is 2.92. The summed E-state index contributed by atoms with van der Waals surface area (Å²) in [4.78, 5) is 52.0. The molecule has 2 aromatic rings. The Labute approximate surface area is 190 Å². The van der Waals surface area contributed by atoms with Crippen molar-refractivity contribution >= 4 is 29.3 Å². The Morgan fingerprint density at radius 3 is 2.42 bits per heavy atom. The highest BCUT2D eigenvalue weighted by Gasteiger charge is 2.37. The van der Waals surface area contributed by atoms with E-state index in [-0.39, 0.29) is 19.4 Å². The van der Waals surface area contributed by atoms with Crippen LogP contribution in [0.25, 0.3) is 0 Å². The Kier molecular flexibility index (Phi) is 5.91. The van der Waals surface area contributed by atoms with Crippen LogP contribution in [-0.2, 0) is 27.3 Å². The predicted molar refractivity (Wildman–Crippen MR) is 118 cm³/mol. The summed E-state index contributed by atoms with van der Waals surface area (Å²) in [6.07, 6.45) is -0.122. The van der Waals surface area contributed by atoms with Crippen LogP contribution in [-0.4, -0.2) is 54.8 Å². The van der Waals surface area contributed by atoms with E-state index in [9.17, 15) is 19.2 Å². The van der Waals surface area contributed by atoms with Crippen LogP contribution in [0, 0.1) is 0 Å². The van der Waals surface area contributed by atoms with Crippen LogP contribution in [0.2, 0.25) is 0 Å². The fourth-order valence-corrected chi connectivity index (χ4v) is 4.18. The normalized spacial score (nSPS) is 19.4. The number of ether oxygens (including phenoxy) is 2. The predicted octanol–water partition coefficient (Wildman–Crippen LogP) is 0.583. The molecule has 4 N–H and O–H groups in total. The number of hydrogen-bond acceptors (Lipinski definition) is 6. The first-order valence-corrected chi connectivity index (χ1v) is 10.4. The summed E-state index contributed by atoms with van der Waals surface area (Å²) in [6, 6.07) is 8.10. The van der Waals surface area contributed by atoms with Gasteiger partial charge in [-0.2, -0.15) is 0 Å². The Balaban J connectivity index is 1.58. The minimum absolute atomic E-state index is 0.102. The summed E-state index contributed by atoms with van der Waals surface area (Å²) < 4.78 is 10.7. The fourth-order valence-electron chi connectivity index (χ4n) is 4.18. The van der Waals surface area contributed by atoms with Gasteiger partial charge in [0.1, 0.15) is 12.1 Å². The van der Waals surface area contributed by atoms with Crippen molar-refractivity contribution in [1.29, 1.82) is 0 Å². The molecule has 4 rings (SSSR count). The van der Waals surface area contributed by atoms with E-state index in [2.05, 4.69) is 10.6 Å². The van der Waals surface area contributed by atoms with Gasteiger partial charge in [0, 0.05) is 13.0 Å². The minimum atomic E-state index is -1.10. The molecule has 0 radical (unpaired) electrons. The molecule has 0 fully saturated rings. The van der Waals surface area contributed by atoms with E-state index in [1.807, 2.05) is 0 Å². The quantitative estimate of drug-likeness (QED) is 0.606. The van der Waals surface area contributed by atoms with Crippen LogP contribution in [0.1, 0.15) is 27.9 Å². The van der Waals surface area contributed by atoms with Crippen LogP contribution in [0.15, 0.2) is 36.4 Å². The molecule has 2 aliphatic heterocycles. The SMILES string of the molecule is COc1cc2c(cc1OC)CN(C(=O)CC1NC(=O)c3ccccc3NC1=O)C(C(N)=O)C2. The fraction of sp³-hybridized carbons (Fsp3) is 0.304. The number of hydrogen-bond donors (Lipinski definition) is 3. The largest absolute Gasteiger partial charge is 0.493 e. The van der Waals surface area contributed by atoms with Gasteiger partial charge in [0.25, 0.3) is 5.91 Å². The molecule has 0 spiro atoms. The molecule has 2 heterocycles. The van der Waals surface area contributed by atoms with Crippen molar-refractivity contribution in [3.8, 4) is 11.5 Å². The Hall–Kier alpha value is -4.08. The van der Waals surface area contributed by atoms with Crippen molar-refractivity contribution in [2.45, 2.75) is 31.5 Å². The van der Waals surface area contributed by atoms with Gasteiger partial charge in [-0.25, -0.2) is 0 Å². The van der Waals surface area contributed by atoms with Gasteiger partial charge in [-0.1, -0.05) is 12.1 Å². The highest BCUT2D eigenvalue weighted by Crippen LogP contribution is 2.35. The van der Waals surface area contributed by atoms with Gasteiger partial charge >= 0.3 is 0 Å². The summed E-state index contributed by atoms with van der Waals surface area (Å²) in [6.45, 7) is 0.102. The molecule has 10 heteroatoms. The minimum Gasteiger partial charge on any atom is -0.493 e. The summed E-state index contributed by atoms with van der Waals surface area (Å²) in [5.74, 6) is -1.11. The van der Waals surface area contributed by atoms with Crippen LogP contribution >= 0.6 is 0 Å². The zero-order chi connectivity index (χ0) is 23.7. The second kappa shape index (κ2) is 8.81. The standard InChI is InChI=1S/C23H24N4O6/c1-32-18-8-12-7-17(21(24)29)27(11-13(12)9-19(18)33-2)20(28)10-16-23(31)25-15-6-4-3-5-14(15)22(30)26-16/h3-6,8-9,16-17H,7,10-11H2,1-2H3,(H2,24,29)(H,25,31)(H,26,30). The van der Waals surface area contributed by atoms with Crippen LogP contribution in [0.4, 0.5) is 5.69 Å². The third-order valence-corrected chi connectivity index (χ3v) is 5.91. The third-order valence-electron chi connectivity index (χ3n) is 5.91. The number of amides is 4. The van der Waals surface area contributed by atoms with Gasteiger partial charge in [-0.05, 0) is 35.4 Å². The zero-order valence-electron chi connectivity index (χ0n) is 18.2. The number of nitrogens with zero attached hydrogens (tertiary/aromatic N) is 1. The number of nitrogens with two attached hydrogens (primary N) is 1. The molecule has 10 nitrogen and oxygen atoms in total. The number of fused-ring (bicyclic) bond motifs is 2. The lowest BCUT2D eigenvalue weighted by Crippen LogP contribution is -2.53. The average molecular weight is 452 g/mol. The molecule has 172 valence electrons. The van der Waals surface area contributed by atoms with Crippen molar-refractivity contribution in [3.05, 3.63) is 53.1 Å². The maximum Gasteiger partial charge on any atom is 0.254 e. The highest BCUT2D eigenvalue weighted by atomic mass is 16.5. The van der Waals surface area contributed by atoms with E-state index in [1.165, 1.54) is 19.1 Å². The van der Waals surface area contributed by atoms with Crippen LogP contribution in [0.5, 0.6) is 11.5 Å². The maximum absolute atomic E-state index is 13.2. The molecule has 0 aliphatic carbocycles. The van der Waals surface area contributed by atoms with Crippen molar-refractivity contribution < 1.29 is 28.7 Å². The number of primary amides is 1. The second-order valence-corrected chi connectivity index (χ2v) is 7.88. The number of rotatable bonds is 5. The van der Waals surface area contributed by atoms with Gasteiger partial charge in [-0.15, -0.1) is 0 Å². The highest BCUT2D eigenvalue weighted by molar-refractivity contribution is 6.10. The third kappa shape index (κ3) is 4.19. The van der Waals surface area contributed by atoms with Crippen molar-refractivity contribution in [2.75, 3.05) is 19.5 Å². The number of anilines is 1. The Morgan fingerprint density at radius 2 is 1.76 bits per heavy atom. The molecular formula is C23H24N4O6. The smallest absolute Gasteiger partial charge is 0.254 e. The lowest BCUT2D eigenvalue weighted by Gasteiger charge is -2.36. The topological polar surface area (TPSA) is 140 Å². The Morgan fingerprint density at radius 1 is 1.09 bits per heavy atom.